The van der Waals surface area contributed by atoms with Crippen molar-refractivity contribution in [3.05, 3.63) is 65.7 Å². The summed E-state index contributed by atoms with van der Waals surface area (Å²) in [5, 5.41) is 24.1. The highest BCUT2D eigenvalue weighted by Crippen LogP contribution is 2.71. The van der Waals surface area contributed by atoms with Gasteiger partial charge in [0.25, 0.3) is 0 Å². The molecule has 4 nitrogen and oxygen atoms in total. The summed E-state index contributed by atoms with van der Waals surface area (Å²) in [7, 11) is 2.23. The van der Waals surface area contributed by atoms with Gasteiger partial charge >= 0.3 is 0 Å². The number of nitrogens with zero attached hydrogens (tertiary/aromatic N) is 2. The van der Waals surface area contributed by atoms with Crippen molar-refractivity contribution >= 4 is 5.69 Å². The quantitative estimate of drug-likeness (QED) is 0.754. The summed E-state index contributed by atoms with van der Waals surface area (Å²) >= 11 is 0. The average Bonchev–Trinajstić information content (AvgIpc) is 3.18. The summed E-state index contributed by atoms with van der Waals surface area (Å²) in [5.41, 5.74) is 3.78. The van der Waals surface area contributed by atoms with Gasteiger partial charge in [-0.2, -0.15) is 0 Å². The number of hydrogen-bond donors (Lipinski definition) is 2. The second-order valence-corrected chi connectivity index (χ2v) is 11.0. The minimum atomic E-state index is -0.337. The van der Waals surface area contributed by atoms with Crippen LogP contribution in [-0.2, 0) is 12.0 Å². The van der Waals surface area contributed by atoms with Crippen LogP contribution in [0.2, 0.25) is 0 Å². The Hall–Kier alpha value is -1.88. The van der Waals surface area contributed by atoms with E-state index < -0.39 is 0 Å². The van der Waals surface area contributed by atoms with Crippen LogP contribution >= 0.6 is 0 Å². The van der Waals surface area contributed by atoms with Crippen LogP contribution in [0.25, 0.3) is 0 Å². The molecule has 2 aromatic carbocycles. The van der Waals surface area contributed by atoms with Gasteiger partial charge in [-0.15, -0.1) is 0 Å². The third-order valence-electron chi connectivity index (χ3n) is 10.4. The lowest BCUT2D eigenvalue weighted by Crippen LogP contribution is -2.82. The largest absolute Gasteiger partial charge is 0.392 e. The number of aliphatic hydroxyl groups is 2. The third kappa shape index (κ3) is 1.88. The van der Waals surface area contributed by atoms with Gasteiger partial charge in [-0.3, -0.25) is 4.48 Å². The Balaban J connectivity index is 1.47. The van der Waals surface area contributed by atoms with E-state index in [-0.39, 0.29) is 35.6 Å². The van der Waals surface area contributed by atoms with Crippen LogP contribution in [0.5, 0.6) is 0 Å². The van der Waals surface area contributed by atoms with Crippen LogP contribution in [0.15, 0.2) is 54.6 Å². The molecule has 5 aliphatic heterocycles. The summed E-state index contributed by atoms with van der Waals surface area (Å²) < 4.78 is 0.769. The highest BCUT2D eigenvalue weighted by atomic mass is 16.3. The molecule has 10 atom stereocenters. The van der Waals surface area contributed by atoms with Crippen LogP contribution < -0.4 is 4.90 Å². The van der Waals surface area contributed by atoms with Crippen LogP contribution in [0, 0.1) is 17.8 Å². The van der Waals surface area contributed by atoms with Crippen molar-refractivity contribution in [2.75, 3.05) is 11.9 Å². The number of aliphatic hydroxyl groups excluding tert-OH is 2. The molecule has 31 heavy (non-hydrogen) atoms. The molecule has 1 saturated carbocycles. The van der Waals surface area contributed by atoms with Gasteiger partial charge in [0.15, 0.2) is 6.23 Å². The summed E-state index contributed by atoms with van der Waals surface area (Å²) in [6.07, 6.45) is 2.47. The Kier molecular flexibility index (Phi) is 3.56. The predicted molar refractivity (Wildman–Crippen MR) is 120 cm³/mol. The number of rotatable bonds is 3. The molecule has 1 unspecified atom stereocenters. The highest BCUT2D eigenvalue weighted by Gasteiger charge is 2.82. The van der Waals surface area contributed by atoms with Crippen molar-refractivity contribution < 1.29 is 14.7 Å². The van der Waals surface area contributed by atoms with E-state index >= 15 is 0 Å². The van der Waals surface area contributed by atoms with Crippen LogP contribution in [0.1, 0.15) is 37.3 Å². The zero-order valence-electron chi connectivity index (χ0n) is 18.4. The second-order valence-electron chi connectivity index (χ2n) is 11.0. The molecule has 8 rings (SSSR count). The van der Waals surface area contributed by atoms with Gasteiger partial charge in [-0.25, -0.2) is 0 Å². The molecule has 5 fully saturated rings. The zero-order chi connectivity index (χ0) is 21.1. The maximum Gasteiger partial charge on any atom is 0.194 e. The summed E-state index contributed by atoms with van der Waals surface area (Å²) in [4.78, 5) is 2.47. The van der Waals surface area contributed by atoms with Crippen molar-refractivity contribution in [2.45, 2.75) is 68.6 Å². The Morgan fingerprint density at radius 3 is 2.55 bits per heavy atom. The lowest BCUT2D eigenvalue weighted by atomic mass is 9.60. The third-order valence-corrected chi connectivity index (χ3v) is 10.4. The lowest BCUT2D eigenvalue weighted by Gasteiger charge is -2.68. The Labute approximate surface area is 184 Å². The Bertz CT molecular complexity index is 1040. The molecular formula is C27H33N2O2+. The maximum absolute atomic E-state index is 12.1. The van der Waals surface area contributed by atoms with Crippen molar-refractivity contribution in [1.29, 1.82) is 0 Å². The summed E-state index contributed by atoms with van der Waals surface area (Å²) in [6.45, 7) is 3.11. The van der Waals surface area contributed by atoms with Gasteiger partial charge in [-0.1, -0.05) is 55.5 Å². The molecule has 0 aromatic heterocycles. The number of piperidine rings is 4. The second kappa shape index (κ2) is 5.92. The van der Waals surface area contributed by atoms with Crippen molar-refractivity contribution in [3.8, 4) is 0 Å². The fraction of sp³-hybridized carbons (Fsp3) is 0.556. The van der Waals surface area contributed by atoms with Crippen molar-refractivity contribution in [2.24, 2.45) is 17.8 Å². The smallest absolute Gasteiger partial charge is 0.194 e. The first-order valence-electron chi connectivity index (χ1n) is 12.1. The van der Waals surface area contributed by atoms with Crippen molar-refractivity contribution in [1.82, 2.24) is 0 Å². The van der Waals surface area contributed by atoms with Gasteiger partial charge in [0.2, 0.25) is 0 Å². The van der Waals surface area contributed by atoms with E-state index in [1.807, 2.05) is 0 Å². The van der Waals surface area contributed by atoms with E-state index in [1.165, 1.54) is 16.8 Å². The van der Waals surface area contributed by atoms with E-state index in [9.17, 15) is 10.2 Å². The van der Waals surface area contributed by atoms with E-state index in [1.54, 1.807) is 0 Å². The average molecular weight is 418 g/mol. The molecule has 4 heteroatoms. The molecule has 4 saturated heterocycles. The first-order valence-corrected chi connectivity index (χ1v) is 12.1. The molecular weight excluding hydrogens is 384 g/mol. The molecule has 1 spiro atoms. The minimum Gasteiger partial charge on any atom is -0.392 e. The molecule has 6 aliphatic rings. The predicted octanol–water partition coefficient (Wildman–Crippen LogP) is 3.27. The molecule has 2 aromatic rings. The first-order chi connectivity index (χ1) is 15.1. The van der Waals surface area contributed by atoms with E-state index in [2.05, 4.69) is 73.5 Å². The number of hydrogen-bond acceptors (Lipinski definition) is 3. The van der Waals surface area contributed by atoms with E-state index in [0.717, 1.165) is 30.3 Å². The van der Waals surface area contributed by atoms with Gasteiger partial charge in [0.1, 0.15) is 12.6 Å². The van der Waals surface area contributed by atoms with Gasteiger partial charge in [0, 0.05) is 43.0 Å². The first kappa shape index (κ1) is 18.7. The van der Waals surface area contributed by atoms with Crippen LogP contribution in [-0.4, -0.2) is 52.2 Å². The SMILES string of the molecule is CC[C@@H]1[C@@H]2C[C@@H]3[C@H]4N(C)c5ccccc5[C@]45C[C@@H]([C@@H]2[C@@H]5O)[N+]3(Cc2ccccc2)[C@@H]1O. The number of likely N-dealkylation sites (N-methyl/N-ethyl adjacent to an activating group) is 1. The number of para-hydroxylation sites is 1. The standard InChI is InChI=1S/C27H33N2O2/c1-3-17-18-13-21-24-27(19-11-7-8-12-20(19)28(24)2)14-22(23(18)25(27)30)29(21,26(17)31)15-16-9-5-4-6-10-16/h4-12,17-18,21-26,30-31H,3,13-15H2,1-2H3/q+1/t17-,18+,21-,22+,23-,24-,25+,26-,27-,29?/m1/s1. The topological polar surface area (TPSA) is 43.7 Å². The van der Waals surface area contributed by atoms with Crippen LogP contribution in [0.4, 0.5) is 5.69 Å². The maximum atomic E-state index is 12.1. The highest BCUT2D eigenvalue weighted by molar-refractivity contribution is 5.66. The molecule has 1 aliphatic carbocycles. The number of fused-ring (bicyclic) bond motifs is 2. The van der Waals surface area contributed by atoms with Crippen LogP contribution in [0.3, 0.4) is 0 Å². The van der Waals surface area contributed by atoms with Gasteiger partial charge in [-0.05, 0) is 24.0 Å². The van der Waals surface area contributed by atoms with Crippen molar-refractivity contribution in [3.63, 3.8) is 0 Å². The molecule has 5 heterocycles. The van der Waals surface area contributed by atoms with E-state index in [0.29, 0.717) is 18.0 Å². The molecule has 5 bridgehead atoms. The summed E-state index contributed by atoms with van der Waals surface area (Å²) in [6, 6.07) is 20.5. The number of quaternary nitrogens is 1. The Morgan fingerprint density at radius 1 is 1.03 bits per heavy atom. The molecule has 0 radical (unpaired) electrons. The number of benzene rings is 2. The monoisotopic (exact) mass is 417 g/mol. The summed E-state index contributed by atoms with van der Waals surface area (Å²) in [5.74, 6) is 1.01. The molecule has 0 amide bonds. The molecule has 162 valence electrons. The normalized spacial score (nSPS) is 48.2. The van der Waals surface area contributed by atoms with E-state index in [4.69, 9.17) is 0 Å². The fourth-order valence-electron chi connectivity index (χ4n) is 9.60. The fourth-order valence-corrected chi connectivity index (χ4v) is 9.60. The zero-order valence-corrected chi connectivity index (χ0v) is 18.4. The van der Waals surface area contributed by atoms with Gasteiger partial charge < -0.3 is 15.1 Å². The minimum absolute atomic E-state index is 0.180. The Morgan fingerprint density at radius 2 is 1.77 bits per heavy atom. The number of anilines is 1. The molecule has 2 N–H and O–H groups in total. The lowest BCUT2D eigenvalue weighted by molar-refractivity contribution is -1.05. The van der Waals surface area contributed by atoms with Gasteiger partial charge in [0.05, 0.1) is 23.6 Å².